The molecule has 0 aromatic heterocycles. The summed E-state index contributed by atoms with van der Waals surface area (Å²) in [5, 5.41) is 9.16. The third kappa shape index (κ3) is 2.56. The van der Waals surface area contributed by atoms with Crippen LogP contribution in [0, 0.1) is 11.8 Å². The van der Waals surface area contributed by atoms with Crippen molar-refractivity contribution in [3.63, 3.8) is 0 Å². The topological polar surface area (TPSA) is 81.2 Å². The van der Waals surface area contributed by atoms with Crippen molar-refractivity contribution in [1.29, 1.82) is 0 Å². The fourth-order valence-electron chi connectivity index (χ4n) is 3.16. The van der Waals surface area contributed by atoms with E-state index >= 15 is 0 Å². The lowest BCUT2D eigenvalue weighted by molar-refractivity contribution is -0.145. The number of carboxylic acid groups (broad SMARTS) is 1. The van der Waals surface area contributed by atoms with Crippen LogP contribution in [0.3, 0.4) is 0 Å². The van der Waals surface area contributed by atoms with E-state index in [4.69, 9.17) is 5.11 Å². The highest BCUT2D eigenvalue weighted by molar-refractivity contribution is 5.91. The first-order valence-electron chi connectivity index (χ1n) is 7.21. The normalized spacial score (nSPS) is 29.0. The first kappa shape index (κ1) is 15.6. The minimum absolute atomic E-state index is 0.0715. The van der Waals surface area contributed by atoms with E-state index in [2.05, 4.69) is 0 Å². The molecule has 0 spiro atoms. The van der Waals surface area contributed by atoms with Crippen molar-refractivity contribution in [2.75, 3.05) is 33.2 Å². The molecule has 0 aromatic rings. The Labute approximate surface area is 124 Å². The number of likely N-dealkylation sites (N-methyl/N-ethyl adjacent to an activating group) is 1. The molecule has 2 atom stereocenters. The molecule has 1 N–H and O–H groups in total. The van der Waals surface area contributed by atoms with Gasteiger partial charge in [0, 0.05) is 33.2 Å². The van der Waals surface area contributed by atoms with E-state index < -0.39 is 17.4 Å². The van der Waals surface area contributed by atoms with E-state index in [0.717, 1.165) is 0 Å². The molecule has 7 nitrogen and oxygen atoms in total. The Balaban J connectivity index is 2.14. The molecular weight excluding hydrogens is 274 g/mol. The molecule has 2 saturated heterocycles. The van der Waals surface area contributed by atoms with Gasteiger partial charge in [0.25, 0.3) is 0 Å². The monoisotopic (exact) mass is 297 g/mol. The molecule has 0 unspecified atom stereocenters. The summed E-state index contributed by atoms with van der Waals surface area (Å²) >= 11 is 0. The number of piperazine rings is 1. The van der Waals surface area contributed by atoms with Gasteiger partial charge >= 0.3 is 12.0 Å². The van der Waals surface area contributed by atoms with Crippen LogP contribution in [0.1, 0.15) is 20.8 Å². The molecule has 0 aliphatic carbocycles. The number of hydrogen-bond acceptors (Lipinski definition) is 3. The molecule has 7 heteroatoms. The molecule has 118 valence electrons. The lowest BCUT2D eigenvalue weighted by Gasteiger charge is -2.45. The van der Waals surface area contributed by atoms with E-state index in [1.807, 2.05) is 6.92 Å². The SMILES string of the molecule is C[C@@H]1CN(C(=O)N2CCN(C)C(=O)C2(C)C)C[C@H]1C(=O)O. The molecule has 2 fully saturated rings. The molecule has 2 rings (SSSR count). The van der Waals surface area contributed by atoms with Crippen LogP contribution in [0.15, 0.2) is 0 Å². The average molecular weight is 297 g/mol. The molecule has 21 heavy (non-hydrogen) atoms. The van der Waals surface area contributed by atoms with Crippen LogP contribution in [0.25, 0.3) is 0 Å². The van der Waals surface area contributed by atoms with Crippen LogP contribution in [-0.4, -0.2) is 76.5 Å². The Morgan fingerprint density at radius 1 is 1.24 bits per heavy atom. The summed E-state index contributed by atoms with van der Waals surface area (Å²) in [4.78, 5) is 40.8. The number of carbonyl (C=O) groups excluding carboxylic acids is 2. The zero-order valence-electron chi connectivity index (χ0n) is 13.0. The summed E-state index contributed by atoms with van der Waals surface area (Å²) in [5.41, 5.74) is -0.894. The van der Waals surface area contributed by atoms with Gasteiger partial charge in [-0.2, -0.15) is 0 Å². The lowest BCUT2D eigenvalue weighted by Crippen LogP contribution is -2.65. The number of rotatable bonds is 1. The van der Waals surface area contributed by atoms with Gasteiger partial charge in [0.05, 0.1) is 5.92 Å². The molecular formula is C14H23N3O4. The second kappa shape index (κ2) is 5.20. The fourth-order valence-corrected chi connectivity index (χ4v) is 3.16. The average Bonchev–Trinajstić information content (AvgIpc) is 2.78. The fraction of sp³-hybridized carbons (Fsp3) is 0.786. The number of amides is 3. The zero-order chi connectivity index (χ0) is 15.9. The van der Waals surface area contributed by atoms with Crippen molar-refractivity contribution < 1.29 is 19.5 Å². The van der Waals surface area contributed by atoms with E-state index in [9.17, 15) is 14.4 Å². The maximum absolute atomic E-state index is 12.7. The Morgan fingerprint density at radius 3 is 2.38 bits per heavy atom. The second-order valence-electron chi connectivity index (χ2n) is 6.55. The highest BCUT2D eigenvalue weighted by Crippen LogP contribution is 2.28. The number of urea groups is 1. The summed E-state index contributed by atoms with van der Waals surface area (Å²) in [6, 6.07) is -0.239. The number of aliphatic carboxylic acids is 1. The van der Waals surface area contributed by atoms with Gasteiger partial charge in [-0.3, -0.25) is 9.59 Å². The number of carbonyl (C=O) groups is 3. The van der Waals surface area contributed by atoms with E-state index in [-0.39, 0.29) is 24.4 Å². The molecule has 0 bridgehead atoms. The summed E-state index contributed by atoms with van der Waals surface area (Å²) in [7, 11) is 1.73. The highest BCUT2D eigenvalue weighted by Gasteiger charge is 2.46. The molecule has 2 aliphatic heterocycles. The molecule has 0 saturated carbocycles. The van der Waals surface area contributed by atoms with Crippen molar-refractivity contribution in [2.45, 2.75) is 26.3 Å². The van der Waals surface area contributed by atoms with Gasteiger partial charge in [-0.05, 0) is 19.8 Å². The molecule has 2 heterocycles. The largest absolute Gasteiger partial charge is 0.481 e. The lowest BCUT2D eigenvalue weighted by atomic mass is 9.98. The van der Waals surface area contributed by atoms with Gasteiger partial charge < -0.3 is 19.8 Å². The maximum atomic E-state index is 12.7. The number of likely N-dealkylation sites (tertiary alicyclic amines) is 1. The quantitative estimate of drug-likeness (QED) is 0.755. The van der Waals surface area contributed by atoms with Gasteiger partial charge in [-0.1, -0.05) is 6.92 Å². The third-order valence-corrected chi connectivity index (χ3v) is 4.63. The van der Waals surface area contributed by atoms with Crippen LogP contribution in [0.5, 0.6) is 0 Å². The Morgan fingerprint density at radius 2 is 1.86 bits per heavy atom. The maximum Gasteiger partial charge on any atom is 0.320 e. The van der Waals surface area contributed by atoms with E-state index in [1.54, 1.807) is 35.6 Å². The van der Waals surface area contributed by atoms with Crippen molar-refractivity contribution in [3.05, 3.63) is 0 Å². The summed E-state index contributed by atoms with van der Waals surface area (Å²) < 4.78 is 0. The summed E-state index contributed by atoms with van der Waals surface area (Å²) in [6.07, 6.45) is 0. The predicted octanol–water partition coefficient (Wildman–Crippen LogP) is 0.312. The Bertz CT molecular complexity index is 477. The van der Waals surface area contributed by atoms with Gasteiger partial charge in [-0.25, -0.2) is 4.79 Å². The van der Waals surface area contributed by atoms with Gasteiger partial charge in [-0.15, -0.1) is 0 Å². The van der Waals surface area contributed by atoms with E-state index in [0.29, 0.717) is 19.6 Å². The highest BCUT2D eigenvalue weighted by atomic mass is 16.4. The molecule has 0 radical (unpaired) electrons. The van der Waals surface area contributed by atoms with Crippen LogP contribution < -0.4 is 0 Å². The van der Waals surface area contributed by atoms with Crippen molar-refractivity contribution >= 4 is 17.9 Å². The summed E-state index contributed by atoms with van der Waals surface area (Å²) in [5.74, 6) is -1.56. The van der Waals surface area contributed by atoms with Gasteiger partial charge in [0.15, 0.2) is 0 Å². The van der Waals surface area contributed by atoms with Crippen molar-refractivity contribution in [3.8, 4) is 0 Å². The summed E-state index contributed by atoms with van der Waals surface area (Å²) in [6.45, 7) is 6.91. The van der Waals surface area contributed by atoms with Crippen LogP contribution >= 0.6 is 0 Å². The zero-order valence-corrected chi connectivity index (χ0v) is 13.0. The molecule has 2 aliphatic rings. The first-order chi connectivity index (χ1) is 9.66. The minimum atomic E-state index is -0.894. The van der Waals surface area contributed by atoms with Gasteiger partial charge in [0.2, 0.25) is 5.91 Å². The van der Waals surface area contributed by atoms with Crippen LogP contribution in [-0.2, 0) is 9.59 Å². The number of carboxylic acids is 1. The minimum Gasteiger partial charge on any atom is -0.481 e. The van der Waals surface area contributed by atoms with Crippen molar-refractivity contribution in [2.24, 2.45) is 11.8 Å². The smallest absolute Gasteiger partial charge is 0.320 e. The van der Waals surface area contributed by atoms with E-state index in [1.165, 1.54) is 0 Å². The molecule has 3 amide bonds. The van der Waals surface area contributed by atoms with Crippen LogP contribution in [0.4, 0.5) is 4.79 Å². The van der Waals surface area contributed by atoms with Crippen LogP contribution in [0.2, 0.25) is 0 Å². The standard InChI is InChI=1S/C14H23N3O4/c1-9-7-16(8-10(9)11(18)19)13(21)17-6-5-15(4)12(20)14(17,2)3/h9-10H,5-8H2,1-4H3,(H,18,19)/t9-,10-/m1/s1. The number of nitrogens with zero attached hydrogens (tertiary/aromatic N) is 3. The Hall–Kier alpha value is -1.79. The molecule has 0 aromatic carbocycles. The second-order valence-corrected chi connectivity index (χ2v) is 6.55. The number of hydrogen-bond donors (Lipinski definition) is 1. The van der Waals surface area contributed by atoms with Gasteiger partial charge in [0.1, 0.15) is 5.54 Å². The predicted molar refractivity (Wildman–Crippen MR) is 75.7 cm³/mol. The Kier molecular flexibility index (Phi) is 3.86. The third-order valence-electron chi connectivity index (χ3n) is 4.63. The first-order valence-corrected chi connectivity index (χ1v) is 7.21. The van der Waals surface area contributed by atoms with Crippen molar-refractivity contribution in [1.82, 2.24) is 14.7 Å².